The van der Waals surface area contributed by atoms with Crippen molar-refractivity contribution in [3.05, 3.63) is 24.3 Å². The molecule has 0 aromatic heterocycles. The highest BCUT2D eigenvalue weighted by atomic mass is 16.5. The van der Waals surface area contributed by atoms with Gasteiger partial charge in [-0.1, -0.05) is 19.1 Å². The Hall–Kier alpha value is -1.22. The van der Waals surface area contributed by atoms with Gasteiger partial charge in [0.05, 0.1) is 24.4 Å². The number of para-hydroxylation sites is 2. The highest BCUT2D eigenvalue weighted by Crippen LogP contribution is 2.34. The lowest BCUT2D eigenvalue weighted by Gasteiger charge is -2.42. The third kappa shape index (κ3) is 2.55. The summed E-state index contributed by atoms with van der Waals surface area (Å²) in [6.07, 6.45) is 0.446. The summed E-state index contributed by atoms with van der Waals surface area (Å²) in [5.41, 5.74) is 0.703. The molecular formula is C14H23NO2. The molecule has 1 rings (SSSR count). The fourth-order valence-electron chi connectivity index (χ4n) is 1.99. The monoisotopic (exact) mass is 237 g/mol. The Kier molecular flexibility index (Phi) is 4.40. The van der Waals surface area contributed by atoms with Gasteiger partial charge in [0, 0.05) is 7.05 Å². The second kappa shape index (κ2) is 5.41. The standard InChI is InChI=1S/C14H23NO2/c1-6-14(3,11(2)16)15(4)12-9-7-8-10-13(12)17-5/h7-11,16H,6H2,1-5H3. The highest BCUT2D eigenvalue weighted by Gasteiger charge is 2.33. The van der Waals surface area contributed by atoms with Gasteiger partial charge in [-0.2, -0.15) is 0 Å². The van der Waals surface area contributed by atoms with E-state index in [-0.39, 0.29) is 5.54 Å². The van der Waals surface area contributed by atoms with Crippen molar-refractivity contribution in [2.75, 3.05) is 19.1 Å². The Balaban J connectivity index is 3.14. The largest absolute Gasteiger partial charge is 0.495 e. The van der Waals surface area contributed by atoms with Crippen molar-refractivity contribution in [3.63, 3.8) is 0 Å². The Morgan fingerprint density at radius 2 is 2.00 bits per heavy atom. The molecule has 17 heavy (non-hydrogen) atoms. The molecule has 0 spiro atoms. The lowest BCUT2D eigenvalue weighted by atomic mass is 9.90. The van der Waals surface area contributed by atoms with Crippen LogP contribution in [-0.4, -0.2) is 30.9 Å². The van der Waals surface area contributed by atoms with Crippen molar-refractivity contribution >= 4 is 5.69 Å². The average Bonchev–Trinajstić information content (AvgIpc) is 2.36. The van der Waals surface area contributed by atoms with Crippen LogP contribution in [0.2, 0.25) is 0 Å². The molecule has 1 aromatic carbocycles. The molecule has 0 saturated heterocycles. The molecule has 0 heterocycles. The normalized spacial score (nSPS) is 16.1. The lowest BCUT2D eigenvalue weighted by Crippen LogP contribution is -2.51. The van der Waals surface area contributed by atoms with Gasteiger partial charge < -0.3 is 14.7 Å². The number of nitrogens with zero attached hydrogens (tertiary/aromatic N) is 1. The van der Waals surface area contributed by atoms with Crippen LogP contribution in [-0.2, 0) is 0 Å². The number of rotatable bonds is 5. The molecule has 2 atom stereocenters. The van der Waals surface area contributed by atoms with Crippen LogP contribution in [0.5, 0.6) is 5.75 Å². The van der Waals surface area contributed by atoms with E-state index in [4.69, 9.17) is 4.74 Å². The van der Waals surface area contributed by atoms with Gasteiger partial charge in [0.15, 0.2) is 0 Å². The Morgan fingerprint density at radius 1 is 1.41 bits per heavy atom. The molecule has 3 nitrogen and oxygen atoms in total. The van der Waals surface area contributed by atoms with Crippen molar-refractivity contribution in [3.8, 4) is 5.75 Å². The fraction of sp³-hybridized carbons (Fsp3) is 0.571. The molecule has 3 heteroatoms. The molecule has 2 unspecified atom stereocenters. The Morgan fingerprint density at radius 3 is 2.47 bits per heavy atom. The molecule has 0 amide bonds. The highest BCUT2D eigenvalue weighted by molar-refractivity contribution is 5.59. The number of anilines is 1. The number of benzene rings is 1. The van der Waals surface area contributed by atoms with E-state index in [0.29, 0.717) is 0 Å². The van der Waals surface area contributed by atoms with Gasteiger partial charge in [-0.25, -0.2) is 0 Å². The molecule has 0 bridgehead atoms. The minimum absolute atomic E-state index is 0.297. The van der Waals surface area contributed by atoms with E-state index in [1.165, 1.54) is 0 Å². The third-order valence-corrected chi connectivity index (χ3v) is 3.83. The predicted molar refractivity (Wildman–Crippen MR) is 71.8 cm³/mol. The SMILES string of the molecule is CCC(C)(C(C)O)N(C)c1ccccc1OC. The number of hydrogen-bond acceptors (Lipinski definition) is 3. The molecule has 1 N–H and O–H groups in total. The van der Waals surface area contributed by atoms with E-state index in [1.54, 1.807) is 7.11 Å². The summed E-state index contributed by atoms with van der Waals surface area (Å²) >= 11 is 0. The molecule has 0 saturated carbocycles. The van der Waals surface area contributed by atoms with Crippen molar-refractivity contribution in [2.45, 2.75) is 38.8 Å². The van der Waals surface area contributed by atoms with Gasteiger partial charge in [0.25, 0.3) is 0 Å². The van der Waals surface area contributed by atoms with Crippen molar-refractivity contribution < 1.29 is 9.84 Å². The van der Waals surface area contributed by atoms with Crippen LogP contribution in [0.4, 0.5) is 5.69 Å². The minimum atomic E-state index is -0.414. The molecule has 0 aliphatic rings. The number of aliphatic hydroxyl groups excluding tert-OH is 1. The zero-order chi connectivity index (χ0) is 13.1. The van der Waals surface area contributed by atoms with E-state index < -0.39 is 6.10 Å². The van der Waals surface area contributed by atoms with E-state index in [9.17, 15) is 5.11 Å². The molecule has 0 fully saturated rings. The summed E-state index contributed by atoms with van der Waals surface area (Å²) in [6, 6.07) is 7.87. The van der Waals surface area contributed by atoms with Gasteiger partial charge in [-0.15, -0.1) is 0 Å². The van der Waals surface area contributed by atoms with E-state index in [2.05, 4.69) is 18.7 Å². The quantitative estimate of drug-likeness (QED) is 0.854. The first-order valence-electron chi connectivity index (χ1n) is 6.02. The van der Waals surface area contributed by atoms with Crippen LogP contribution in [0, 0.1) is 0 Å². The summed E-state index contributed by atoms with van der Waals surface area (Å²) in [6.45, 7) is 5.97. The summed E-state index contributed by atoms with van der Waals surface area (Å²) in [4.78, 5) is 2.09. The summed E-state index contributed by atoms with van der Waals surface area (Å²) < 4.78 is 5.36. The van der Waals surface area contributed by atoms with Crippen LogP contribution in [0.15, 0.2) is 24.3 Å². The molecular weight excluding hydrogens is 214 g/mol. The third-order valence-electron chi connectivity index (χ3n) is 3.83. The Labute approximate surface area is 104 Å². The topological polar surface area (TPSA) is 32.7 Å². The molecule has 96 valence electrons. The van der Waals surface area contributed by atoms with Crippen LogP contribution < -0.4 is 9.64 Å². The fourth-order valence-corrected chi connectivity index (χ4v) is 1.99. The smallest absolute Gasteiger partial charge is 0.142 e. The van der Waals surface area contributed by atoms with Crippen LogP contribution in [0.1, 0.15) is 27.2 Å². The van der Waals surface area contributed by atoms with Gasteiger partial charge in [-0.3, -0.25) is 0 Å². The van der Waals surface area contributed by atoms with Crippen LogP contribution in [0.25, 0.3) is 0 Å². The van der Waals surface area contributed by atoms with Crippen LogP contribution >= 0.6 is 0 Å². The van der Waals surface area contributed by atoms with Crippen molar-refractivity contribution in [1.82, 2.24) is 0 Å². The number of methoxy groups -OCH3 is 1. The lowest BCUT2D eigenvalue weighted by molar-refractivity contribution is 0.105. The first kappa shape index (κ1) is 13.8. The van der Waals surface area contributed by atoms with Gasteiger partial charge in [-0.05, 0) is 32.4 Å². The van der Waals surface area contributed by atoms with Crippen molar-refractivity contribution in [1.29, 1.82) is 0 Å². The van der Waals surface area contributed by atoms with E-state index >= 15 is 0 Å². The summed E-state index contributed by atoms with van der Waals surface area (Å²) in [5, 5.41) is 9.98. The van der Waals surface area contributed by atoms with Gasteiger partial charge >= 0.3 is 0 Å². The maximum absolute atomic E-state index is 9.98. The molecule has 0 aliphatic carbocycles. The average molecular weight is 237 g/mol. The maximum atomic E-state index is 9.98. The molecule has 0 radical (unpaired) electrons. The van der Waals surface area contributed by atoms with Crippen molar-refractivity contribution in [2.24, 2.45) is 0 Å². The minimum Gasteiger partial charge on any atom is -0.495 e. The zero-order valence-electron chi connectivity index (χ0n) is 11.4. The number of likely N-dealkylation sites (N-methyl/N-ethyl adjacent to an activating group) is 1. The zero-order valence-corrected chi connectivity index (χ0v) is 11.4. The first-order chi connectivity index (χ1) is 7.97. The second-order valence-electron chi connectivity index (χ2n) is 4.62. The Bertz CT molecular complexity index is 365. The van der Waals surface area contributed by atoms with E-state index in [0.717, 1.165) is 17.9 Å². The second-order valence-corrected chi connectivity index (χ2v) is 4.62. The molecule has 0 aliphatic heterocycles. The predicted octanol–water partition coefficient (Wildman–Crippen LogP) is 2.68. The van der Waals surface area contributed by atoms with Crippen LogP contribution in [0.3, 0.4) is 0 Å². The van der Waals surface area contributed by atoms with Gasteiger partial charge in [0.1, 0.15) is 5.75 Å². The summed E-state index contributed by atoms with van der Waals surface area (Å²) in [5.74, 6) is 0.829. The van der Waals surface area contributed by atoms with Gasteiger partial charge in [0.2, 0.25) is 0 Å². The maximum Gasteiger partial charge on any atom is 0.142 e. The number of hydrogen-bond donors (Lipinski definition) is 1. The first-order valence-corrected chi connectivity index (χ1v) is 6.02. The molecule has 1 aromatic rings. The number of aliphatic hydroxyl groups is 1. The summed E-state index contributed by atoms with van der Waals surface area (Å²) in [7, 11) is 3.66. The number of ether oxygens (including phenoxy) is 1. The van der Waals surface area contributed by atoms with E-state index in [1.807, 2.05) is 38.2 Å².